The van der Waals surface area contributed by atoms with Gasteiger partial charge in [0.15, 0.2) is 0 Å². The van der Waals surface area contributed by atoms with E-state index in [0.717, 1.165) is 20.3 Å². The van der Waals surface area contributed by atoms with Gasteiger partial charge in [0.1, 0.15) is 0 Å². The molecule has 0 bridgehead atoms. The van der Waals surface area contributed by atoms with E-state index in [1.165, 1.54) is 0 Å². The summed E-state index contributed by atoms with van der Waals surface area (Å²) in [4.78, 5) is 0. The zero-order valence-electron chi connectivity index (χ0n) is 7.69. The molecule has 1 heterocycles. The van der Waals surface area contributed by atoms with Crippen molar-refractivity contribution in [2.24, 2.45) is 5.73 Å². The highest BCUT2D eigenvalue weighted by molar-refractivity contribution is 9.11. The summed E-state index contributed by atoms with van der Waals surface area (Å²) in [5.41, 5.74) is 7.39. The first-order chi connectivity index (χ1) is 7.22. The summed E-state index contributed by atoms with van der Waals surface area (Å²) in [5.74, 6) is 0. The Labute approximate surface area is 104 Å². The van der Waals surface area contributed by atoms with Crippen molar-refractivity contribution in [1.82, 2.24) is 15.0 Å². The zero-order valence-corrected chi connectivity index (χ0v) is 10.9. The Hall–Kier alpha value is -0.720. The van der Waals surface area contributed by atoms with E-state index in [2.05, 4.69) is 42.2 Å². The number of nitrogens with zero attached hydrogens (tertiary/aromatic N) is 3. The second-order valence-corrected chi connectivity index (χ2v) is 4.71. The molecule has 2 aromatic rings. The number of nitrogens with two attached hydrogens (primary N) is 1. The predicted octanol–water partition coefficient (Wildman–Crippen LogP) is 2.25. The second kappa shape index (κ2) is 4.42. The number of rotatable bonds is 2. The molecule has 0 fully saturated rings. The van der Waals surface area contributed by atoms with E-state index in [9.17, 15) is 0 Å². The Kier molecular flexibility index (Phi) is 3.18. The van der Waals surface area contributed by atoms with Gasteiger partial charge in [-0.05, 0) is 34.1 Å². The van der Waals surface area contributed by atoms with Gasteiger partial charge >= 0.3 is 0 Å². The van der Waals surface area contributed by atoms with Gasteiger partial charge in [-0.2, -0.15) is 0 Å². The Morgan fingerprint density at radius 1 is 1.33 bits per heavy atom. The Balaban J connectivity index is 2.54. The van der Waals surface area contributed by atoms with Crippen molar-refractivity contribution in [1.29, 1.82) is 0 Å². The van der Waals surface area contributed by atoms with E-state index in [1.54, 1.807) is 10.9 Å². The number of hydrogen-bond acceptors (Lipinski definition) is 3. The molecule has 0 atom stereocenters. The van der Waals surface area contributed by atoms with Crippen LogP contribution in [-0.4, -0.2) is 15.0 Å². The Bertz CT molecular complexity index is 481. The van der Waals surface area contributed by atoms with Gasteiger partial charge in [0, 0.05) is 15.5 Å². The quantitative estimate of drug-likeness (QED) is 0.918. The van der Waals surface area contributed by atoms with Gasteiger partial charge in [-0.15, -0.1) is 5.10 Å². The van der Waals surface area contributed by atoms with E-state index in [0.29, 0.717) is 6.54 Å². The molecular weight excluding hydrogens is 324 g/mol. The summed E-state index contributed by atoms with van der Waals surface area (Å²) in [5, 5.41) is 7.82. The molecule has 78 valence electrons. The van der Waals surface area contributed by atoms with Gasteiger partial charge in [-0.25, -0.2) is 4.68 Å². The highest BCUT2D eigenvalue weighted by Crippen LogP contribution is 2.25. The summed E-state index contributed by atoms with van der Waals surface area (Å²) in [7, 11) is 0. The molecule has 0 amide bonds. The van der Waals surface area contributed by atoms with E-state index < -0.39 is 0 Å². The molecule has 0 unspecified atom stereocenters. The molecule has 1 aromatic carbocycles. The summed E-state index contributed by atoms with van der Waals surface area (Å²) >= 11 is 6.87. The lowest BCUT2D eigenvalue weighted by Gasteiger charge is -2.06. The van der Waals surface area contributed by atoms with Crippen molar-refractivity contribution in [3.05, 3.63) is 39.0 Å². The van der Waals surface area contributed by atoms with Crippen LogP contribution in [0.2, 0.25) is 0 Å². The second-order valence-electron chi connectivity index (χ2n) is 2.94. The Morgan fingerprint density at radius 2 is 2.13 bits per heavy atom. The lowest BCUT2D eigenvalue weighted by molar-refractivity contribution is 0.759. The summed E-state index contributed by atoms with van der Waals surface area (Å²) in [6.45, 7) is 0.412. The summed E-state index contributed by atoms with van der Waals surface area (Å²) in [6, 6.07) is 5.85. The molecule has 0 aliphatic carbocycles. The maximum absolute atomic E-state index is 5.59. The van der Waals surface area contributed by atoms with Gasteiger partial charge in [0.25, 0.3) is 0 Å². The monoisotopic (exact) mass is 330 g/mol. The lowest BCUT2D eigenvalue weighted by atomic mass is 10.3. The van der Waals surface area contributed by atoms with Crippen molar-refractivity contribution in [2.45, 2.75) is 6.54 Å². The summed E-state index contributed by atoms with van der Waals surface area (Å²) in [6.07, 6.45) is 1.66. The fourth-order valence-corrected chi connectivity index (χ4v) is 2.47. The molecule has 1 aromatic heterocycles. The minimum absolute atomic E-state index is 0.412. The SMILES string of the molecule is NCc1cnnn1-c1ccc(Br)cc1Br. The van der Waals surface area contributed by atoms with Crippen molar-refractivity contribution >= 4 is 31.9 Å². The van der Waals surface area contributed by atoms with Gasteiger partial charge < -0.3 is 5.73 Å². The minimum Gasteiger partial charge on any atom is -0.325 e. The maximum Gasteiger partial charge on any atom is 0.0810 e. The molecule has 0 aliphatic heterocycles. The first kappa shape index (κ1) is 10.8. The first-order valence-corrected chi connectivity index (χ1v) is 5.86. The molecule has 6 heteroatoms. The molecule has 0 aliphatic rings. The van der Waals surface area contributed by atoms with Crippen LogP contribution in [-0.2, 0) is 6.54 Å². The van der Waals surface area contributed by atoms with Crippen LogP contribution in [0, 0.1) is 0 Å². The van der Waals surface area contributed by atoms with Crippen molar-refractivity contribution in [3.63, 3.8) is 0 Å². The normalized spacial score (nSPS) is 10.6. The van der Waals surface area contributed by atoms with Crippen LogP contribution in [0.5, 0.6) is 0 Å². The van der Waals surface area contributed by atoms with Gasteiger partial charge in [0.2, 0.25) is 0 Å². The molecule has 0 radical (unpaired) electrons. The van der Waals surface area contributed by atoms with E-state index in [4.69, 9.17) is 5.73 Å². The molecule has 2 rings (SSSR count). The molecule has 0 saturated carbocycles. The van der Waals surface area contributed by atoms with E-state index in [1.807, 2.05) is 18.2 Å². The smallest absolute Gasteiger partial charge is 0.0810 e. The predicted molar refractivity (Wildman–Crippen MR) is 64.7 cm³/mol. The minimum atomic E-state index is 0.412. The van der Waals surface area contributed by atoms with Crippen molar-refractivity contribution < 1.29 is 0 Å². The molecule has 4 nitrogen and oxygen atoms in total. The average molecular weight is 332 g/mol. The zero-order chi connectivity index (χ0) is 10.8. The highest BCUT2D eigenvalue weighted by atomic mass is 79.9. The van der Waals surface area contributed by atoms with E-state index in [-0.39, 0.29) is 0 Å². The van der Waals surface area contributed by atoms with Gasteiger partial charge in [-0.3, -0.25) is 0 Å². The van der Waals surface area contributed by atoms with Crippen molar-refractivity contribution in [3.8, 4) is 5.69 Å². The first-order valence-electron chi connectivity index (χ1n) is 4.27. The lowest BCUT2D eigenvalue weighted by Crippen LogP contribution is -2.07. The number of hydrogen-bond donors (Lipinski definition) is 1. The molecule has 2 N–H and O–H groups in total. The van der Waals surface area contributed by atoms with Crippen LogP contribution in [0.15, 0.2) is 33.3 Å². The average Bonchev–Trinajstić information content (AvgIpc) is 2.65. The fourth-order valence-electron chi connectivity index (χ4n) is 1.25. The Morgan fingerprint density at radius 3 is 2.80 bits per heavy atom. The van der Waals surface area contributed by atoms with Gasteiger partial charge in [-0.1, -0.05) is 21.1 Å². The number of benzene rings is 1. The molecule has 0 spiro atoms. The van der Waals surface area contributed by atoms with Crippen molar-refractivity contribution in [2.75, 3.05) is 0 Å². The topological polar surface area (TPSA) is 56.7 Å². The van der Waals surface area contributed by atoms with Crippen LogP contribution in [0.3, 0.4) is 0 Å². The van der Waals surface area contributed by atoms with Gasteiger partial charge in [0.05, 0.1) is 17.6 Å². The molecular formula is C9H8Br2N4. The fraction of sp³-hybridized carbons (Fsp3) is 0.111. The third kappa shape index (κ3) is 2.11. The largest absolute Gasteiger partial charge is 0.325 e. The van der Waals surface area contributed by atoms with E-state index >= 15 is 0 Å². The van der Waals surface area contributed by atoms with Crippen LogP contribution >= 0.6 is 31.9 Å². The summed E-state index contributed by atoms with van der Waals surface area (Å²) < 4.78 is 3.67. The third-order valence-corrected chi connectivity index (χ3v) is 3.10. The van der Waals surface area contributed by atoms with Crippen LogP contribution in [0.4, 0.5) is 0 Å². The third-order valence-electron chi connectivity index (χ3n) is 1.97. The highest BCUT2D eigenvalue weighted by Gasteiger charge is 2.08. The standard InChI is InChI=1S/C9H8Br2N4/c10-6-1-2-9(8(11)3-6)15-7(4-12)5-13-14-15/h1-3,5H,4,12H2. The van der Waals surface area contributed by atoms with Crippen LogP contribution < -0.4 is 5.73 Å². The molecule has 15 heavy (non-hydrogen) atoms. The maximum atomic E-state index is 5.59. The van der Waals surface area contributed by atoms with Crippen LogP contribution in [0.25, 0.3) is 5.69 Å². The van der Waals surface area contributed by atoms with Crippen LogP contribution in [0.1, 0.15) is 5.69 Å². The number of halogens is 2. The number of aromatic nitrogens is 3. The molecule has 0 saturated heterocycles.